The van der Waals surface area contributed by atoms with Crippen LogP contribution in [0.3, 0.4) is 0 Å². The van der Waals surface area contributed by atoms with Crippen molar-refractivity contribution in [3.63, 3.8) is 0 Å². The molecule has 3 heteroatoms. The summed E-state index contributed by atoms with van der Waals surface area (Å²) in [6.45, 7) is 11.9. The van der Waals surface area contributed by atoms with Crippen molar-refractivity contribution in [3.05, 3.63) is 64.2 Å². The van der Waals surface area contributed by atoms with E-state index in [9.17, 15) is 0 Å². The molecule has 2 aromatic carbocycles. The monoisotopic (exact) mass is 366 g/mol. The van der Waals surface area contributed by atoms with E-state index in [-0.39, 0.29) is 5.54 Å². The number of rotatable bonds is 4. The molecule has 0 atom stereocenters. The molecule has 0 spiro atoms. The highest BCUT2D eigenvalue weighted by molar-refractivity contribution is 6.33. The van der Waals surface area contributed by atoms with Gasteiger partial charge in [-0.3, -0.25) is 4.99 Å². The normalized spacial score (nSPS) is 15.9. The lowest BCUT2D eigenvalue weighted by Crippen LogP contribution is -2.44. The van der Waals surface area contributed by atoms with Gasteiger partial charge in [0.05, 0.1) is 16.2 Å². The van der Waals surface area contributed by atoms with Crippen LogP contribution in [0, 0.1) is 0 Å². The highest BCUT2D eigenvalue weighted by atomic mass is 35.5. The predicted octanol–water partition coefficient (Wildman–Crippen LogP) is 6.67. The quantitative estimate of drug-likeness (QED) is 0.551. The van der Waals surface area contributed by atoms with Gasteiger partial charge in [-0.1, -0.05) is 36.7 Å². The lowest BCUT2D eigenvalue weighted by Gasteiger charge is -2.43. The van der Waals surface area contributed by atoms with Gasteiger partial charge in [0.2, 0.25) is 0 Å². The van der Waals surface area contributed by atoms with E-state index in [1.807, 2.05) is 18.3 Å². The second-order valence-corrected chi connectivity index (χ2v) is 7.80. The van der Waals surface area contributed by atoms with Crippen molar-refractivity contribution in [3.8, 4) is 0 Å². The fourth-order valence-corrected chi connectivity index (χ4v) is 3.96. The molecule has 0 saturated heterocycles. The zero-order chi connectivity index (χ0) is 18.9. The van der Waals surface area contributed by atoms with Gasteiger partial charge in [0.25, 0.3) is 0 Å². The van der Waals surface area contributed by atoms with Crippen molar-refractivity contribution in [2.75, 3.05) is 11.4 Å². The average Bonchev–Trinajstić information content (AvgIpc) is 2.60. The first kappa shape index (κ1) is 18.7. The Kier molecular flexibility index (Phi) is 5.24. The Hall–Kier alpha value is -2.06. The van der Waals surface area contributed by atoms with Gasteiger partial charge in [-0.15, -0.1) is 0 Å². The standard InChI is InChI=1S/C23H27ClN2/c1-6-17-8-10-19(11-9-17)25-15-18-12-20-16(3)14-23(4,5)26(7-2)22(20)13-21(18)24/h8-15H,6-7H2,1-5H3. The Morgan fingerprint density at radius 3 is 2.42 bits per heavy atom. The van der Waals surface area contributed by atoms with E-state index in [1.54, 1.807) is 0 Å². The zero-order valence-electron chi connectivity index (χ0n) is 16.3. The lowest BCUT2D eigenvalue weighted by atomic mass is 9.88. The minimum atomic E-state index is -0.00814. The summed E-state index contributed by atoms with van der Waals surface area (Å²) >= 11 is 6.60. The van der Waals surface area contributed by atoms with Crippen LogP contribution in [-0.2, 0) is 6.42 Å². The number of aryl methyl sites for hydroxylation is 1. The first-order chi connectivity index (χ1) is 12.4. The van der Waals surface area contributed by atoms with E-state index in [1.165, 1.54) is 22.4 Å². The van der Waals surface area contributed by atoms with Crippen LogP contribution in [0.25, 0.3) is 5.57 Å². The van der Waals surface area contributed by atoms with E-state index in [0.717, 1.165) is 29.2 Å². The first-order valence-electron chi connectivity index (χ1n) is 9.29. The third-order valence-electron chi connectivity index (χ3n) is 5.11. The Labute approximate surface area is 162 Å². The summed E-state index contributed by atoms with van der Waals surface area (Å²) < 4.78 is 0. The molecule has 1 heterocycles. The van der Waals surface area contributed by atoms with Crippen LogP contribution in [0.5, 0.6) is 0 Å². The number of hydrogen-bond donors (Lipinski definition) is 0. The molecule has 0 bridgehead atoms. The average molecular weight is 367 g/mol. The number of halogens is 1. The maximum Gasteiger partial charge on any atom is 0.0630 e. The van der Waals surface area contributed by atoms with Gasteiger partial charge in [-0.25, -0.2) is 0 Å². The van der Waals surface area contributed by atoms with Gasteiger partial charge in [0.1, 0.15) is 0 Å². The summed E-state index contributed by atoms with van der Waals surface area (Å²) in [7, 11) is 0. The Morgan fingerprint density at radius 1 is 1.12 bits per heavy atom. The summed E-state index contributed by atoms with van der Waals surface area (Å²) in [4.78, 5) is 7.01. The largest absolute Gasteiger partial charge is 0.363 e. The van der Waals surface area contributed by atoms with E-state index >= 15 is 0 Å². The Bertz CT molecular complexity index is 861. The molecule has 2 aromatic rings. The third-order valence-corrected chi connectivity index (χ3v) is 5.44. The molecule has 0 unspecified atom stereocenters. The molecular formula is C23H27ClN2. The topological polar surface area (TPSA) is 15.6 Å². The molecule has 0 radical (unpaired) electrons. The summed E-state index contributed by atoms with van der Waals surface area (Å²) in [6, 6.07) is 12.6. The maximum absolute atomic E-state index is 6.60. The van der Waals surface area contributed by atoms with Crippen LogP contribution in [0.4, 0.5) is 11.4 Å². The number of benzene rings is 2. The molecule has 0 N–H and O–H groups in total. The molecule has 2 nitrogen and oxygen atoms in total. The van der Waals surface area contributed by atoms with Gasteiger partial charge in [0, 0.05) is 29.6 Å². The number of fused-ring (bicyclic) bond motifs is 1. The molecule has 0 amide bonds. The van der Waals surface area contributed by atoms with Gasteiger partial charge in [-0.05, 0) is 69.5 Å². The molecule has 26 heavy (non-hydrogen) atoms. The molecule has 136 valence electrons. The van der Waals surface area contributed by atoms with Crippen LogP contribution < -0.4 is 4.90 Å². The van der Waals surface area contributed by atoms with Crippen molar-refractivity contribution < 1.29 is 0 Å². The number of hydrogen-bond acceptors (Lipinski definition) is 2. The van der Waals surface area contributed by atoms with E-state index in [0.29, 0.717) is 0 Å². The molecular weight excluding hydrogens is 340 g/mol. The lowest BCUT2D eigenvalue weighted by molar-refractivity contribution is 0.566. The number of allylic oxidation sites excluding steroid dienone is 1. The number of anilines is 1. The molecule has 0 saturated carbocycles. The molecule has 3 rings (SSSR count). The summed E-state index contributed by atoms with van der Waals surface area (Å²) in [5, 5.41) is 0.738. The summed E-state index contributed by atoms with van der Waals surface area (Å²) in [5.41, 5.74) is 6.93. The van der Waals surface area contributed by atoms with Crippen LogP contribution in [0.2, 0.25) is 5.02 Å². The van der Waals surface area contributed by atoms with Crippen molar-refractivity contribution >= 4 is 34.8 Å². The van der Waals surface area contributed by atoms with Gasteiger partial charge in [-0.2, -0.15) is 0 Å². The summed E-state index contributed by atoms with van der Waals surface area (Å²) in [6.07, 6.45) is 5.24. The van der Waals surface area contributed by atoms with Gasteiger partial charge >= 0.3 is 0 Å². The zero-order valence-corrected chi connectivity index (χ0v) is 17.1. The molecule has 1 aliphatic heterocycles. The van der Waals surface area contributed by atoms with E-state index in [2.05, 4.69) is 74.9 Å². The van der Waals surface area contributed by atoms with Gasteiger partial charge in [0.15, 0.2) is 0 Å². The third kappa shape index (κ3) is 3.57. The van der Waals surface area contributed by atoms with Crippen LogP contribution in [0.15, 0.2) is 47.5 Å². The molecule has 1 aliphatic rings. The highest BCUT2D eigenvalue weighted by Gasteiger charge is 2.30. The molecule has 0 aliphatic carbocycles. The smallest absolute Gasteiger partial charge is 0.0630 e. The first-order valence-corrected chi connectivity index (χ1v) is 9.67. The van der Waals surface area contributed by atoms with Crippen LogP contribution in [0.1, 0.15) is 51.3 Å². The predicted molar refractivity (Wildman–Crippen MR) is 115 cm³/mol. The van der Waals surface area contributed by atoms with Crippen LogP contribution >= 0.6 is 11.6 Å². The Morgan fingerprint density at radius 2 is 1.81 bits per heavy atom. The minimum absolute atomic E-state index is 0.00814. The summed E-state index contributed by atoms with van der Waals surface area (Å²) in [5.74, 6) is 0. The van der Waals surface area contributed by atoms with E-state index in [4.69, 9.17) is 11.6 Å². The fraction of sp³-hybridized carbons (Fsp3) is 0.348. The van der Waals surface area contributed by atoms with E-state index < -0.39 is 0 Å². The Balaban J connectivity index is 1.98. The minimum Gasteiger partial charge on any atom is -0.363 e. The van der Waals surface area contributed by atoms with Crippen molar-refractivity contribution in [1.29, 1.82) is 0 Å². The molecule has 0 fully saturated rings. The van der Waals surface area contributed by atoms with Crippen molar-refractivity contribution in [2.24, 2.45) is 4.99 Å². The van der Waals surface area contributed by atoms with Gasteiger partial charge < -0.3 is 4.90 Å². The van der Waals surface area contributed by atoms with Crippen molar-refractivity contribution in [2.45, 2.75) is 46.6 Å². The maximum atomic E-state index is 6.60. The van der Waals surface area contributed by atoms with Crippen molar-refractivity contribution in [1.82, 2.24) is 0 Å². The highest BCUT2D eigenvalue weighted by Crippen LogP contribution is 2.41. The number of nitrogens with zero attached hydrogens (tertiary/aromatic N) is 2. The van der Waals surface area contributed by atoms with Crippen LogP contribution in [-0.4, -0.2) is 18.3 Å². The second kappa shape index (κ2) is 7.28. The fourth-order valence-electron chi connectivity index (χ4n) is 3.75. The SMILES string of the molecule is CCc1ccc(N=Cc2cc3c(cc2Cl)N(CC)C(C)(C)C=C3C)cc1. The number of aliphatic imine (C=N–C) groups is 1. The second-order valence-electron chi connectivity index (χ2n) is 7.39. The number of likely N-dealkylation sites (N-methyl/N-ethyl adjacent to an activating group) is 1. The molecule has 0 aromatic heterocycles.